The Morgan fingerprint density at radius 3 is 2.36 bits per heavy atom. The molecular weight excluding hydrogens is 174 g/mol. The molecule has 0 saturated heterocycles. The van der Waals surface area contributed by atoms with Crippen molar-refractivity contribution in [1.29, 1.82) is 0 Å². The third kappa shape index (κ3) is 1.97. The molecule has 0 spiro atoms. The summed E-state index contributed by atoms with van der Waals surface area (Å²) in [5.74, 6) is 0.634. The van der Waals surface area contributed by atoms with Gasteiger partial charge in [0, 0.05) is 6.04 Å². The van der Waals surface area contributed by atoms with E-state index in [-0.39, 0.29) is 12.6 Å². The van der Waals surface area contributed by atoms with Crippen LogP contribution >= 0.6 is 0 Å². The zero-order valence-corrected chi connectivity index (χ0v) is 8.32. The highest BCUT2D eigenvalue weighted by Gasteiger charge is 2.22. The first-order chi connectivity index (χ1) is 6.79. The van der Waals surface area contributed by atoms with Crippen LogP contribution in [0.3, 0.4) is 0 Å². The van der Waals surface area contributed by atoms with Crippen molar-refractivity contribution >= 4 is 0 Å². The number of benzene rings is 1. The average molecular weight is 191 g/mol. The predicted octanol–water partition coefficient (Wildman–Crippen LogP) is 1.11. The Morgan fingerprint density at radius 2 is 1.86 bits per heavy atom. The fraction of sp³-hybridized carbons (Fsp3) is 0.500. The molecule has 0 fully saturated rings. The van der Waals surface area contributed by atoms with Gasteiger partial charge in [0.15, 0.2) is 0 Å². The molecule has 1 aromatic rings. The Morgan fingerprint density at radius 1 is 1.29 bits per heavy atom. The molecule has 2 nitrogen and oxygen atoms in total. The first kappa shape index (κ1) is 9.69. The largest absolute Gasteiger partial charge is 0.395 e. The summed E-state index contributed by atoms with van der Waals surface area (Å²) in [6, 6.07) is 8.52. The molecule has 0 heterocycles. The maximum Gasteiger partial charge on any atom is 0.0582 e. The van der Waals surface area contributed by atoms with Crippen molar-refractivity contribution in [3.05, 3.63) is 35.4 Å². The third-order valence-corrected chi connectivity index (χ3v) is 3.01. The molecule has 0 aromatic heterocycles. The predicted molar refractivity (Wildman–Crippen MR) is 57.0 cm³/mol. The SMILES string of the molecule is NC(CO)CC1Cc2ccccc2C1. The van der Waals surface area contributed by atoms with Crippen LogP contribution in [-0.2, 0) is 12.8 Å². The molecule has 2 heteroatoms. The lowest BCUT2D eigenvalue weighted by Gasteiger charge is -2.13. The van der Waals surface area contributed by atoms with Gasteiger partial charge in [-0.05, 0) is 36.3 Å². The smallest absolute Gasteiger partial charge is 0.0582 e. The lowest BCUT2D eigenvalue weighted by atomic mass is 9.98. The van der Waals surface area contributed by atoms with Crippen molar-refractivity contribution in [2.45, 2.75) is 25.3 Å². The first-order valence-corrected chi connectivity index (χ1v) is 5.23. The van der Waals surface area contributed by atoms with E-state index >= 15 is 0 Å². The highest BCUT2D eigenvalue weighted by Crippen LogP contribution is 2.28. The molecule has 14 heavy (non-hydrogen) atoms. The van der Waals surface area contributed by atoms with Crippen molar-refractivity contribution < 1.29 is 5.11 Å². The molecular formula is C12H17NO. The minimum absolute atomic E-state index is 0.0469. The van der Waals surface area contributed by atoms with Crippen molar-refractivity contribution in [1.82, 2.24) is 0 Å². The number of rotatable bonds is 3. The van der Waals surface area contributed by atoms with Gasteiger partial charge in [-0.1, -0.05) is 24.3 Å². The van der Waals surface area contributed by atoms with Crippen LogP contribution in [0.4, 0.5) is 0 Å². The van der Waals surface area contributed by atoms with Gasteiger partial charge >= 0.3 is 0 Å². The minimum atomic E-state index is -0.0469. The van der Waals surface area contributed by atoms with Gasteiger partial charge in [-0.3, -0.25) is 0 Å². The summed E-state index contributed by atoms with van der Waals surface area (Å²) in [7, 11) is 0. The Bertz CT molecular complexity index is 286. The van der Waals surface area contributed by atoms with Crippen molar-refractivity contribution in [2.24, 2.45) is 11.7 Å². The van der Waals surface area contributed by atoms with Crippen LogP contribution in [0.25, 0.3) is 0 Å². The fourth-order valence-corrected chi connectivity index (χ4v) is 2.32. The van der Waals surface area contributed by atoms with Crippen LogP contribution in [0.5, 0.6) is 0 Å². The monoisotopic (exact) mass is 191 g/mol. The maximum atomic E-state index is 8.89. The van der Waals surface area contributed by atoms with Crippen LogP contribution in [0, 0.1) is 5.92 Å². The Kier molecular flexibility index (Phi) is 2.85. The molecule has 1 aliphatic carbocycles. The van der Waals surface area contributed by atoms with Gasteiger partial charge in [0.1, 0.15) is 0 Å². The van der Waals surface area contributed by atoms with Crippen LogP contribution < -0.4 is 5.73 Å². The summed E-state index contributed by atoms with van der Waals surface area (Å²) in [5.41, 5.74) is 8.66. The van der Waals surface area contributed by atoms with Gasteiger partial charge < -0.3 is 10.8 Å². The molecule has 3 N–H and O–H groups in total. The van der Waals surface area contributed by atoms with E-state index < -0.39 is 0 Å². The number of nitrogens with two attached hydrogens (primary N) is 1. The normalized spacial score (nSPS) is 18.1. The van der Waals surface area contributed by atoms with Crippen LogP contribution in [-0.4, -0.2) is 17.8 Å². The third-order valence-electron chi connectivity index (χ3n) is 3.01. The molecule has 1 atom stereocenters. The summed E-state index contributed by atoms with van der Waals surface area (Å²) in [6.07, 6.45) is 3.19. The summed E-state index contributed by atoms with van der Waals surface area (Å²) < 4.78 is 0. The number of aliphatic hydroxyl groups excluding tert-OH is 1. The van der Waals surface area contributed by atoms with E-state index in [2.05, 4.69) is 24.3 Å². The second-order valence-corrected chi connectivity index (χ2v) is 4.22. The van der Waals surface area contributed by atoms with Gasteiger partial charge in [0.05, 0.1) is 6.61 Å². The van der Waals surface area contributed by atoms with Gasteiger partial charge in [0.25, 0.3) is 0 Å². The second kappa shape index (κ2) is 4.11. The lowest BCUT2D eigenvalue weighted by Crippen LogP contribution is -2.27. The molecule has 2 rings (SSSR count). The van der Waals surface area contributed by atoms with E-state index in [0.29, 0.717) is 5.92 Å². The summed E-state index contributed by atoms with van der Waals surface area (Å²) in [6.45, 7) is 0.104. The highest BCUT2D eigenvalue weighted by molar-refractivity contribution is 5.32. The zero-order valence-electron chi connectivity index (χ0n) is 8.32. The quantitative estimate of drug-likeness (QED) is 0.752. The van der Waals surface area contributed by atoms with E-state index in [9.17, 15) is 0 Å². The molecule has 1 aromatic carbocycles. The Labute approximate surface area is 84.7 Å². The number of fused-ring (bicyclic) bond motifs is 1. The van der Waals surface area contributed by atoms with E-state index in [1.807, 2.05) is 0 Å². The van der Waals surface area contributed by atoms with Gasteiger partial charge in [0.2, 0.25) is 0 Å². The number of aliphatic hydroxyl groups is 1. The zero-order chi connectivity index (χ0) is 9.97. The van der Waals surface area contributed by atoms with E-state index in [1.54, 1.807) is 0 Å². The first-order valence-electron chi connectivity index (χ1n) is 5.23. The fourth-order valence-electron chi connectivity index (χ4n) is 2.32. The van der Waals surface area contributed by atoms with Crippen LogP contribution in [0.1, 0.15) is 17.5 Å². The maximum absolute atomic E-state index is 8.89. The molecule has 0 radical (unpaired) electrons. The topological polar surface area (TPSA) is 46.2 Å². The van der Waals surface area contributed by atoms with Gasteiger partial charge in [-0.25, -0.2) is 0 Å². The van der Waals surface area contributed by atoms with E-state index in [0.717, 1.165) is 19.3 Å². The molecule has 0 aliphatic heterocycles. The Hall–Kier alpha value is -0.860. The molecule has 0 amide bonds. The number of hydrogen-bond donors (Lipinski definition) is 2. The minimum Gasteiger partial charge on any atom is -0.395 e. The summed E-state index contributed by atoms with van der Waals surface area (Å²) in [5, 5.41) is 8.89. The van der Waals surface area contributed by atoms with Crippen LogP contribution in [0.2, 0.25) is 0 Å². The van der Waals surface area contributed by atoms with Crippen molar-refractivity contribution in [3.63, 3.8) is 0 Å². The van der Waals surface area contributed by atoms with Gasteiger partial charge in [-0.15, -0.1) is 0 Å². The Balaban J connectivity index is 1.98. The summed E-state index contributed by atoms with van der Waals surface area (Å²) >= 11 is 0. The highest BCUT2D eigenvalue weighted by atomic mass is 16.3. The standard InChI is InChI=1S/C12H17NO/c13-12(8-14)7-9-5-10-3-1-2-4-11(10)6-9/h1-4,9,12,14H,5-8,13H2. The van der Waals surface area contributed by atoms with Crippen molar-refractivity contribution in [2.75, 3.05) is 6.61 Å². The van der Waals surface area contributed by atoms with Crippen LogP contribution in [0.15, 0.2) is 24.3 Å². The molecule has 76 valence electrons. The second-order valence-electron chi connectivity index (χ2n) is 4.22. The molecule has 1 aliphatic rings. The molecule has 0 bridgehead atoms. The summed E-state index contributed by atoms with van der Waals surface area (Å²) in [4.78, 5) is 0. The van der Waals surface area contributed by atoms with Gasteiger partial charge in [-0.2, -0.15) is 0 Å². The van der Waals surface area contributed by atoms with Crippen molar-refractivity contribution in [3.8, 4) is 0 Å². The van der Waals surface area contributed by atoms with E-state index in [1.165, 1.54) is 11.1 Å². The molecule has 0 saturated carbocycles. The van der Waals surface area contributed by atoms with E-state index in [4.69, 9.17) is 10.8 Å². The number of hydrogen-bond acceptors (Lipinski definition) is 2. The lowest BCUT2D eigenvalue weighted by molar-refractivity contribution is 0.245. The average Bonchev–Trinajstić information content (AvgIpc) is 2.59. The molecule has 1 unspecified atom stereocenters.